The second kappa shape index (κ2) is 10.1. The van der Waals surface area contributed by atoms with E-state index in [0.29, 0.717) is 29.4 Å². The van der Waals surface area contributed by atoms with E-state index in [9.17, 15) is 9.90 Å². The zero-order valence-electron chi connectivity index (χ0n) is 16.0. The lowest BCUT2D eigenvalue weighted by Crippen LogP contribution is -2.32. The quantitative estimate of drug-likeness (QED) is 0.535. The van der Waals surface area contributed by atoms with Gasteiger partial charge in [0.2, 0.25) is 0 Å². The standard InChI is InChI=1S/C22H23N3O4/c1-2-28-18-7-9-20(10-8-18)29-19-5-3-17(4-6-19)25-22(27)24-15-21(26)16-11-13-23-14-12-16/h3-14,21,26H,2,15H2,1H3,(H2,24,25,27). The number of hydrogen-bond acceptors (Lipinski definition) is 5. The zero-order valence-corrected chi connectivity index (χ0v) is 16.0. The number of amides is 2. The molecule has 0 spiro atoms. The van der Waals surface area contributed by atoms with Crippen molar-refractivity contribution in [3.63, 3.8) is 0 Å². The molecule has 29 heavy (non-hydrogen) atoms. The number of rotatable bonds is 8. The van der Waals surface area contributed by atoms with Gasteiger partial charge in [0.25, 0.3) is 0 Å². The topological polar surface area (TPSA) is 92.7 Å². The minimum Gasteiger partial charge on any atom is -0.494 e. The fourth-order valence-corrected chi connectivity index (χ4v) is 2.58. The lowest BCUT2D eigenvalue weighted by Gasteiger charge is -2.13. The molecule has 2 aromatic carbocycles. The number of aliphatic hydroxyl groups is 1. The van der Waals surface area contributed by atoms with Crippen molar-refractivity contribution in [3.8, 4) is 17.2 Å². The highest BCUT2D eigenvalue weighted by Crippen LogP contribution is 2.25. The number of aromatic nitrogens is 1. The summed E-state index contributed by atoms with van der Waals surface area (Å²) in [5.41, 5.74) is 1.30. The van der Waals surface area contributed by atoms with Crippen LogP contribution in [0.25, 0.3) is 0 Å². The Hall–Kier alpha value is -3.58. The Kier molecular flexibility index (Phi) is 7.02. The highest BCUT2D eigenvalue weighted by molar-refractivity contribution is 5.89. The first-order chi connectivity index (χ1) is 14.1. The Morgan fingerprint density at radius 1 is 0.966 bits per heavy atom. The Bertz CT molecular complexity index is 900. The summed E-state index contributed by atoms with van der Waals surface area (Å²) in [6.07, 6.45) is 2.39. The van der Waals surface area contributed by atoms with Crippen LogP contribution in [-0.4, -0.2) is 29.3 Å². The number of ether oxygens (including phenoxy) is 2. The van der Waals surface area contributed by atoms with E-state index in [1.54, 1.807) is 48.8 Å². The molecule has 0 fully saturated rings. The van der Waals surface area contributed by atoms with Crippen LogP contribution in [0.5, 0.6) is 17.2 Å². The van der Waals surface area contributed by atoms with Gasteiger partial charge in [0, 0.05) is 24.6 Å². The Morgan fingerprint density at radius 3 is 2.17 bits per heavy atom. The van der Waals surface area contributed by atoms with Gasteiger partial charge in [0.05, 0.1) is 12.7 Å². The molecule has 150 valence electrons. The molecule has 0 saturated carbocycles. The van der Waals surface area contributed by atoms with Gasteiger partial charge in [-0.1, -0.05) is 0 Å². The van der Waals surface area contributed by atoms with Gasteiger partial charge >= 0.3 is 6.03 Å². The van der Waals surface area contributed by atoms with E-state index in [2.05, 4.69) is 15.6 Å². The fraction of sp³-hybridized carbons (Fsp3) is 0.182. The van der Waals surface area contributed by atoms with Crippen LogP contribution in [0.1, 0.15) is 18.6 Å². The summed E-state index contributed by atoms with van der Waals surface area (Å²) in [4.78, 5) is 15.9. The number of carbonyl (C=O) groups excluding carboxylic acids is 1. The number of aliphatic hydroxyl groups excluding tert-OH is 1. The number of benzene rings is 2. The summed E-state index contributed by atoms with van der Waals surface area (Å²) < 4.78 is 11.2. The van der Waals surface area contributed by atoms with Crippen molar-refractivity contribution in [1.29, 1.82) is 0 Å². The first-order valence-electron chi connectivity index (χ1n) is 9.27. The summed E-state index contributed by atoms with van der Waals surface area (Å²) in [7, 11) is 0. The number of hydrogen-bond donors (Lipinski definition) is 3. The average molecular weight is 393 g/mol. The molecule has 0 aliphatic heterocycles. The Labute approximate surface area is 169 Å². The predicted octanol–water partition coefficient (Wildman–Crippen LogP) is 4.13. The molecule has 1 atom stereocenters. The second-order valence-corrected chi connectivity index (χ2v) is 6.16. The molecule has 0 aliphatic carbocycles. The van der Waals surface area contributed by atoms with Crippen LogP contribution < -0.4 is 20.1 Å². The Balaban J connectivity index is 1.47. The third-order valence-electron chi connectivity index (χ3n) is 4.03. The Morgan fingerprint density at radius 2 is 1.55 bits per heavy atom. The number of pyridine rings is 1. The lowest BCUT2D eigenvalue weighted by molar-refractivity contribution is 0.175. The van der Waals surface area contributed by atoms with E-state index in [1.807, 2.05) is 31.2 Å². The smallest absolute Gasteiger partial charge is 0.319 e. The van der Waals surface area contributed by atoms with Crippen molar-refractivity contribution < 1.29 is 19.4 Å². The molecule has 0 bridgehead atoms. The molecular weight excluding hydrogens is 370 g/mol. The minimum absolute atomic E-state index is 0.0920. The van der Waals surface area contributed by atoms with Crippen molar-refractivity contribution in [3.05, 3.63) is 78.6 Å². The highest BCUT2D eigenvalue weighted by atomic mass is 16.5. The molecule has 0 saturated heterocycles. The number of carbonyl (C=O) groups is 1. The van der Waals surface area contributed by atoms with Crippen LogP contribution in [0.15, 0.2) is 73.1 Å². The van der Waals surface area contributed by atoms with Crippen molar-refractivity contribution in [1.82, 2.24) is 10.3 Å². The van der Waals surface area contributed by atoms with E-state index < -0.39 is 12.1 Å². The molecule has 3 aromatic rings. The van der Waals surface area contributed by atoms with E-state index >= 15 is 0 Å². The fourth-order valence-electron chi connectivity index (χ4n) is 2.58. The van der Waals surface area contributed by atoms with Crippen molar-refractivity contribution in [2.24, 2.45) is 0 Å². The van der Waals surface area contributed by atoms with Gasteiger partial charge in [-0.15, -0.1) is 0 Å². The van der Waals surface area contributed by atoms with Gasteiger partial charge in [0.15, 0.2) is 0 Å². The van der Waals surface area contributed by atoms with Gasteiger partial charge in [0.1, 0.15) is 17.2 Å². The molecule has 7 nitrogen and oxygen atoms in total. The molecule has 0 aliphatic rings. The zero-order chi connectivity index (χ0) is 20.5. The predicted molar refractivity (Wildman–Crippen MR) is 110 cm³/mol. The monoisotopic (exact) mass is 393 g/mol. The average Bonchev–Trinajstić information content (AvgIpc) is 2.75. The van der Waals surface area contributed by atoms with Crippen LogP contribution in [0.3, 0.4) is 0 Å². The van der Waals surface area contributed by atoms with E-state index in [-0.39, 0.29) is 6.54 Å². The third kappa shape index (κ3) is 6.22. The normalized spacial score (nSPS) is 11.4. The summed E-state index contributed by atoms with van der Waals surface area (Å²) >= 11 is 0. The van der Waals surface area contributed by atoms with Gasteiger partial charge in [-0.25, -0.2) is 4.79 Å². The summed E-state index contributed by atoms with van der Waals surface area (Å²) in [6, 6.07) is 17.4. The van der Waals surface area contributed by atoms with Crippen LogP contribution in [0.2, 0.25) is 0 Å². The first kappa shape index (κ1) is 20.2. The van der Waals surface area contributed by atoms with Crippen molar-refractivity contribution in [2.75, 3.05) is 18.5 Å². The van der Waals surface area contributed by atoms with E-state index in [0.717, 1.165) is 5.75 Å². The summed E-state index contributed by atoms with van der Waals surface area (Å²) in [5.74, 6) is 2.13. The molecule has 1 heterocycles. The first-order valence-corrected chi connectivity index (χ1v) is 9.27. The van der Waals surface area contributed by atoms with Crippen LogP contribution in [0, 0.1) is 0 Å². The molecule has 7 heteroatoms. The summed E-state index contributed by atoms with van der Waals surface area (Å²) in [6.45, 7) is 2.64. The molecule has 1 aromatic heterocycles. The SMILES string of the molecule is CCOc1ccc(Oc2ccc(NC(=O)NCC(O)c3ccncc3)cc2)cc1. The van der Waals surface area contributed by atoms with Gasteiger partial charge in [-0.2, -0.15) is 0 Å². The maximum atomic E-state index is 12.0. The number of urea groups is 1. The lowest BCUT2D eigenvalue weighted by atomic mass is 10.1. The second-order valence-electron chi connectivity index (χ2n) is 6.16. The number of nitrogens with one attached hydrogen (secondary N) is 2. The van der Waals surface area contributed by atoms with Crippen LogP contribution in [-0.2, 0) is 0 Å². The number of anilines is 1. The largest absolute Gasteiger partial charge is 0.494 e. The van der Waals surface area contributed by atoms with Gasteiger partial charge < -0.3 is 25.2 Å². The molecule has 3 rings (SSSR count). The van der Waals surface area contributed by atoms with Crippen LogP contribution >= 0.6 is 0 Å². The molecule has 1 unspecified atom stereocenters. The van der Waals surface area contributed by atoms with Crippen LogP contribution in [0.4, 0.5) is 10.5 Å². The van der Waals surface area contributed by atoms with E-state index in [4.69, 9.17) is 9.47 Å². The molecular formula is C22H23N3O4. The maximum absolute atomic E-state index is 12.0. The summed E-state index contributed by atoms with van der Waals surface area (Å²) in [5, 5.41) is 15.4. The van der Waals surface area contributed by atoms with Crippen molar-refractivity contribution in [2.45, 2.75) is 13.0 Å². The molecule has 0 radical (unpaired) electrons. The van der Waals surface area contributed by atoms with Gasteiger partial charge in [-0.05, 0) is 73.2 Å². The minimum atomic E-state index is -0.798. The number of nitrogens with zero attached hydrogens (tertiary/aromatic N) is 1. The van der Waals surface area contributed by atoms with Gasteiger partial charge in [-0.3, -0.25) is 4.98 Å². The maximum Gasteiger partial charge on any atom is 0.319 e. The van der Waals surface area contributed by atoms with Crippen molar-refractivity contribution >= 4 is 11.7 Å². The third-order valence-corrected chi connectivity index (χ3v) is 4.03. The molecule has 2 amide bonds. The molecule has 3 N–H and O–H groups in total. The highest BCUT2D eigenvalue weighted by Gasteiger charge is 2.09. The van der Waals surface area contributed by atoms with E-state index in [1.165, 1.54) is 0 Å².